The molecule has 0 atom stereocenters. The van der Waals surface area contributed by atoms with E-state index in [0.29, 0.717) is 30.4 Å². The van der Waals surface area contributed by atoms with Crippen LogP contribution in [0.4, 0.5) is 5.69 Å². The number of hydrogen-bond acceptors (Lipinski definition) is 6. The van der Waals surface area contributed by atoms with Crippen LogP contribution in [0.5, 0.6) is 17.2 Å². The average Bonchev–Trinajstić information content (AvgIpc) is 2.50. The second kappa shape index (κ2) is 8.73. The molecule has 1 aromatic rings. The Bertz CT molecular complexity index is 474. The molecule has 6 heteroatoms. The lowest BCUT2D eigenvalue weighted by atomic mass is 10.2. The zero-order valence-electron chi connectivity index (χ0n) is 12.8. The van der Waals surface area contributed by atoms with Crippen molar-refractivity contribution >= 4 is 11.7 Å². The van der Waals surface area contributed by atoms with Gasteiger partial charge in [0.15, 0.2) is 11.5 Å². The zero-order chi connectivity index (χ0) is 15.7. The monoisotopic (exact) mass is 295 g/mol. The minimum atomic E-state index is -0.357. The molecule has 0 fully saturated rings. The maximum atomic E-state index is 11.1. The molecule has 0 saturated heterocycles. The standard InChI is InChI=1S/C15H21NO5/c1-5-21-14(17)7-6-8-16-11-9-12(18-2)15(20-4)13(10-11)19-3/h6-7,9-10,16H,5,8H2,1-4H3/b7-6+. The molecule has 1 rings (SSSR count). The fourth-order valence-corrected chi connectivity index (χ4v) is 1.71. The number of nitrogens with one attached hydrogen (secondary N) is 1. The van der Waals surface area contributed by atoms with Gasteiger partial charge in [0.2, 0.25) is 5.75 Å². The summed E-state index contributed by atoms with van der Waals surface area (Å²) in [5, 5.41) is 3.13. The van der Waals surface area contributed by atoms with Gasteiger partial charge in [0.25, 0.3) is 0 Å². The van der Waals surface area contributed by atoms with E-state index in [-0.39, 0.29) is 5.97 Å². The van der Waals surface area contributed by atoms with E-state index >= 15 is 0 Å². The lowest BCUT2D eigenvalue weighted by Gasteiger charge is -2.14. The molecule has 0 spiro atoms. The van der Waals surface area contributed by atoms with Crippen LogP contribution in [0.2, 0.25) is 0 Å². The summed E-state index contributed by atoms with van der Waals surface area (Å²) in [6.07, 6.45) is 3.07. The van der Waals surface area contributed by atoms with E-state index in [9.17, 15) is 4.79 Å². The van der Waals surface area contributed by atoms with Crippen LogP contribution in [0, 0.1) is 0 Å². The minimum Gasteiger partial charge on any atom is -0.493 e. The van der Waals surface area contributed by atoms with Crippen LogP contribution in [0.1, 0.15) is 6.92 Å². The van der Waals surface area contributed by atoms with E-state index in [1.807, 2.05) is 0 Å². The van der Waals surface area contributed by atoms with Crippen molar-refractivity contribution in [2.24, 2.45) is 0 Å². The van der Waals surface area contributed by atoms with Gasteiger partial charge in [-0.15, -0.1) is 0 Å². The number of ether oxygens (including phenoxy) is 4. The largest absolute Gasteiger partial charge is 0.493 e. The molecular formula is C15H21NO5. The first kappa shape index (κ1) is 16.7. The minimum absolute atomic E-state index is 0.357. The highest BCUT2D eigenvalue weighted by molar-refractivity contribution is 5.81. The lowest BCUT2D eigenvalue weighted by Crippen LogP contribution is -2.03. The summed E-state index contributed by atoms with van der Waals surface area (Å²) in [5.74, 6) is 1.30. The Hall–Kier alpha value is -2.37. The molecule has 0 heterocycles. The highest BCUT2D eigenvalue weighted by Crippen LogP contribution is 2.39. The first-order valence-electron chi connectivity index (χ1n) is 6.53. The van der Waals surface area contributed by atoms with Gasteiger partial charge in [-0.05, 0) is 6.92 Å². The molecule has 1 N–H and O–H groups in total. The molecule has 21 heavy (non-hydrogen) atoms. The molecule has 0 aliphatic rings. The third kappa shape index (κ3) is 4.91. The molecule has 1 aromatic carbocycles. The normalized spacial score (nSPS) is 10.3. The van der Waals surface area contributed by atoms with Gasteiger partial charge in [0, 0.05) is 30.4 Å². The van der Waals surface area contributed by atoms with Crippen molar-refractivity contribution in [1.29, 1.82) is 0 Å². The summed E-state index contributed by atoms with van der Waals surface area (Å²) < 4.78 is 20.5. The number of hydrogen-bond donors (Lipinski definition) is 1. The molecule has 6 nitrogen and oxygen atoms in total. The Kier molecular flexibility index (Phi) is 6.94. The smallest absolute Gasteiger partial charge is 0.330 e. The molecule has 0 aromatic heterocycles. The fourth-order valence-electron chi connectivity index (χ4n) is 1.71. The molecule has 116 valence electrons. The summed E-state index contributed by atoms with van der Waals surface area (Å²) in [7, 11) is 4.67. The molecule has 0 bridgehead atoms. The highest BCUT2D eigenvalue weighted by atomic mass is 16.5. The molecule has 0 saturated carbocycles. The Balaban J connectivity index is 2.73. The molecule has 0 amide bonds. The Labute approximate surface area is 124 Å². The van der Waals surface area contributed by atoms with Crippen LogP contribution in [-0.2, 0) is 9.53 Å². The van der Waals surface area contributed by atoms with Gasteiger partial charge in [0.1, 0.15) is 0 Å². The summed E-state index contributed by atoms with van der Waals surface area (Å²) in [6.45, 7) is 2.60. The van der Waals surface area contributed by atoms with Crippen LogP contribution in [0.15, 0.2) is 24.3 Å². The molecule has 0 aliphatic carbocycles. The molecular weight excluding hydrogens is 274 g/mol. The Morgan fingerprint density at radius 3 is 2.24 bits per heavy atom. The van der Waals surface area contributed by atoms with E-state index in [2.05, 4.69) is 5.32 Å². The Morgan fingerprint density at radius 2 is 1.76 bits per heavy atom. The summed E-state index contributed by atoms with van der Waals surface area (Å²) in [4.78, 5) is 11.1. The molecule has 0 aliphatic heterocycles. The van der Waals surface area contributed by atoms with Crippen molar-refractivity contribution in [2.45, 2.75) is 6.92 Å². The van der Waals surface area contributed by atoms with Gasteiger partial charge < -0.3 is 24.3 Å². The van der Waals surface area contributed by atoms with E-state index in [1.54, 1.807) is 46.5 Å². The SMILES string of the molecule is CCOC(=O)/C=C/CNc1cc(OC)c(OC)c(OC)c1. The predicted octanol–water partition coefficient (Wildman–Crippen LogP) is 2.24. The quantitative estimate of drug-likeness (QED) is 0.586. The van der Waals surface area contributed by atoms with Gasteiger partial charge in [-0.3, -0.25) is 0 Å². The van der Waals surface area contributed by atoms with Crippen molar-refractivity contribution in [2.75, 3.05) is 39.8 Å². The summed E-state index contributed by atoms with van der Waals surface area (Å²) in [5.41, 5.74) is 0.790. The lowest BCUT2D eigenvalue weighted by molar-refractivity contribution is -0.137. The van der Waals surface area contributed by atoms with E-state index in [0.717, 1.165) is 5.69 Å². The predicted molar refractivity (Wildman–Crippen MR) is 80.4 cm³/mol. The second-order valence-corrected chi connectivity index (χ2v) is 3.95. The highest BCUT2D eigenvalue weighted by Gasteiger charge is 2.12. The van der Waals surface area contributed by atoms with Gasteiger partial charge in [-0.1, -0.05) is 6.08 Å². The summed E-state index contributed by atoms with van der Waals surface area (Å²) >= 11 is 0. The average molecular weight is 295 g/mol. The van der Waals surface area contributed by atoms with Crippen LogP contribution < -0.4 is 19.5 Å². The van der Waals surface area contributed by atoms with E-state index in [1.165, 1.54) is 6.08 Å². The third-order valence-corrected chi connectivity index (χ3v) is 2.63. The first-order valence-corrected chi connectivity index (χ1v) is 6.53. The van der Waals surface area contributed by atoms with Crippen molar-refractivity contribution in [1.82, 2.24) is 0 Å². The van der Waals surface area contributed by atoms with Crippen molar-refractivity contribution < 1.29 is 23.7 Å². The number of benzene rings is 1. The van der Waals surface area contributed by atoms with Crippen LogP contribution in [0.25, 0.3) is 0 Å². The van der Waals surface area contributed by atoms with Gasteiger partial charge in [-0.25, -0.2) is 4.79 Å². The Morgan fingerprint density at radius 1 is 1.14 bits per heavy atom. The third-order valence-electron chi connectivity index (χ3n) is 2.63. The maximum absolute atomic E-state index is 11.1. The van der Waals surface area contributed by atoms with Gasteiger partial charge >= 0.3 is 5.97 Å². The van der Waals surface area contributed by atoms with Crippen LogP contribution >= 0.6 is 0 Å². The van der Waals surface area contributed by atoms with E-state index < -0.39 is 0 Å². The second-order valence-electron chi connectivity index (χ2n) is 3.95. The first-order chi connectivity index (χ1) is 10.2. The van der Waals surface area contributed by atoms with Crippen molar-refractivity contribution in [3.05, 3.63) is 24.3 Å². The zero-order valence-corrected chi connectivity index (χ0v) is 12.8. The number of rotatable bonds is 8. The summed E-state index contributed by atoms with van der Waals surface area (Å²) in [6, 6.07) is 3.58. The maximum Gasteiger partial charge on any atom is 0.330 e. The fraction of sp³-hybridized carbons (Fsp3) is 0.400. The number of esters is 1. The topological polar surface area (TPSA) is 66.0 Å². The van der Waals surface area contributed by atoms with Gasteiger partial charge in [0.05, 0.1) is 27.9 Å². The van der Waals surface area contributed by atoms with Crippen molar-refractivity contribution in [3.8, 4) is 17.2 Å². The van der Waals surface area contributed by atoms with Crippen molar-refractivity contribution in [3.63, 3.8) is 0 Å². The number of carbonyl (C=O) groups is 1. The number of anilines is 1. The van der Waals surface area contributed by atoms with Crippen LogP contribution in [0.3, 0.4) is 0 Å². The number of methoxy groups -OCH3 is 3. The van der Waals surface area contributed by atoms with E-state index in [4.69, 9.17) is 18.9 Å². The molecule has 0 unspecified atom stereocenters. The van der Waals surface area contributed by atoms with Crippen LogP contribution in [-0.4, -0.2) is 40.5 Å². The number of carbonyl (C=O) groups excluding carboxylic acids is 1. The molecule has 0 radical (unpaired) electrons. The van der Waals surface area contributed by atoms with Gasteiger partial charge in [-0.2, -0.15) is 0 Å².